The van der Waals surface area contributed by atoms with Crippen LogP contribution in [-0.2, 0) is 0 Å². The Morgan fingerprint density at radius 1 is 1.35 bits per heavy atom. The first-order valence-electron chi connectivity index (χ1n) is 7.32. The van der Waals surface area contributed by atoms with Crippen molar-refractivity contribution >= 4 is 17.3 Å². The number of anilines is 1. The van der Waals surface area contributed by atoms with E-state index in [1.54, 1.807) is 0 Å². The SMILES string of the molecule is CNC(C)c1ccc(N2CC(C)C(N(C)C)C2)cc1Cl. The summed E-state index contributed by atoms with van der Waals surface area (Å²) in [7, 11) is 6.28. The maximum absolute atomic E-state index is 6.44. The molecule has 1 aromatic carbocycles. The van der Waals surface area contributed by atoms with Crippen LogP contribution in [0.25, 0.3) is 0 Å². The van der Waals surface area contributed by atoms with E-state index >= 15 is 0 Å². The number of likely N-dealkylation sites (N-methyl/N-ethyl adjacent to an activating group) is 1. The molecule has 3 atom stereocenters. The molecule has 0 amide bonds. The van der Waals surface area contributed by atoms with Crippen molar-refractivity contribution in [3.05, 3.63) is 28.8 Å². The summed E-state index contributed by atoms with van der Waals surface area (Å²) in [6.45, 7) is 6.62. The van der Waals surface area contributed by atoms with Gasteiger partial charge in [0.25, 0.3) is 0 Å². The molecule has 0 radical (unpaired) electrons. The largest absolute Gasteiger partial charge is 0.370 e. The average molecular weight is 296 g/mol. The molecule has 4 heteroatoms. The first kappa shape index (κ1) is 15.6. The van der Waals surface area contributed by atoms with Gasteiger partial charge in [-0.05, 0) is 51.7 Å². The smallest absolute Gasteiger partial charge is 0.0474 e. The maximum Gasteiger partial charge on any atom is 0.0474 e. The van der Waals surface area contributed by atoms with Gasteiger partial charge in [0, 0.05) is 35.9 Å². The number of halogens is 1. The number of nitrogens with zero attached hydrogens (tertiary/aromatic N) is 2. The molecule has 1 aliphatic rings. The summed E-state index contributed by atoms with van der Waals surface area (Å²) < 4.78 is 0. The summed E-state index contributed by atoms with van der Waals surface area (Å²) in [5, 5.41) is 4.09. The third-order valence-electron chi connectivity index (χ3n) is 4.48. The molecule has 0 spiro atoms. The Labute approximate surface area is 127 Å². The minimum atomic E-state index is 0.281. The number of hydrogen-bond acceptors (Lipinski definition) is 3. The molecular weight excluding hydrogens is 270 g/mol. The molecule has 1 heterocycles. The van der Waals surface area contributed by atoms with E-state index in [0.717, 1.165) is 23.7 Å². The summed E-state index contributed by atoms with van der Waals surface area (Å²) in [6, 6.07) is 7.34. The van der Waals surface area contributed by atoms with Gasteiger partial charge >= 0.3 is 0 Å². The second-order valence-electron chi connectivity index (χ2n) is 6.13. The summed E-state index contributed by atoms with van der Waals surface area (Å²) in [6.07, 6.45) is 0. The summed E-state index contributed by atoms with van der Waals surface area (Å²) >= 11 is 6.44. The minimum Gasteiger partial charge on any atom is -0.370 e. The van der Waals surface area contributed by atoms with Gasteiger partial charge in [-0.2, -0.15) is 0 Å². The van der Waals surface area contributed by atoms with Gasteiger partial charge < -0.3 is 15.1 Å². The van der Waals surface area contributed by atoms with Crippen molar-refractivity contribution in [3.8, 4) is 0 Å². The molecule has 0 aliphatic carbocycles. The Morgan fingerprint density at radius 3 is 2.55 bits per heavy atom. The second kappa shape index (κ2) is 6.33. The highest BCUT2D eigenvalue weighted by Crippen LogP contribution is 2.31. The molecule has 20 heavy (non-hydrogen) atoms. The Balaban J connectivity index is 2.17. The second-order valence-corrected chi connectivity index (χ2v) is 6.54. The van der Waals surface area contributed by atoms with E-state index in [9.17, 15) is 0 Å². The molecule has 0 aromatic heterocycles. The van der Waals surface area contributed by atoms with Gasteiger partial charge in [-0.25, -0.2) is 0 Å². The lowest BCUT2D eigenvalue weighted by Crippen LogP contribution is -2.34. The molecule has 112 valence electrons. The average Bonchev–Trinajstić information content (AvgIpc) is 2.80. The Bertz CT molecular complexity index is 461. The molecule has 1 N–H and O–H groups in total. The molecule has 3 nitrogen and oxygen atoms in total. The van der Waals surface area contributed by atoms with Crippen molar-refractivity contribution in [1.29, 1.82) is 0 Å². The molecule has 1 fully saturated rings. The van der Waals surface area contributed by atoms with Crippen LogP contribution in [0.3, 0.4) is 0 Å². The number of hydrogen-bond donors (Lipinski definition) is 1. The van der Waals surface area contributed by atoms with Crippen LogP contribution in [0.4, 0.5) is 5.69 Å². The van der Waals surface area contributed by atoms with Gasteiger partial charge in [-0.15, -0.1) is 0 Å². The van der Waals surface area contributed by atoms with Gasteiger partial charge in [0.1, 0.15) is 0 Å². The van der Waals surface area contributed by atoms with Crippen LogP contribution in [0.15, 0.2) is 18.2 Å². The van der Waals surface area contributed by atoms with E-state index in [1.807, 2.05) is 7.05 Å². The van der Waals surface area contributed by atoms with Crippen molar-refractivity contribution in [2.45, 2.75) is 25.9 Å². The fourth-order valence-corrected chi connectivity index (χ4v) is 3.39. The zero-order chi connectivity index (χ0) is 14.9. The lowest BCUT2D eigenvalue weighted by Gasteiger charge is -2.23. The highest BCUT2D eigenvalue weighted by atomic mass is 35.5. The third kappa shape index (κ3) is 3.11. The number of nitrogens with one attached hydrogen (secondary N) is 1. The summed E-state index contributed by atoms with van der Waals surface area (Å²) in [4.78, 5) is 4.76. The molecule has 1 saturated heterocycles. The van der Waals surface area contributed by atoms with Gasteiger partial charge in [0.2, 0.25) is 0 Å². The zero-order valence-corrected chi connectivity index (χ0v) is 13.9. The maximum atomic E-state index is 6.44. The Hall–Kier alpha value is -0.770. The van der Waals surface area contributed by atoms with Gasteiger partial charge in [0.15, 0.2) is 0 Å². The lowest BCUT2D eigenvalue weighted by molar-refractivity contribution is 0.266. The van der Waals surface area contributed by atoms with Crippen molar-refractivity contribution in [3.63, 3.8) is 0 Å². The van der Waals surface area contributed by atoms with Crippen LogP contribution < -0.4 is 10.2 Å². The van der Waals surface area contributed by atoms with Crippen LogP contribution in [0, 0.1) is 5.92 Å². The van der Waals surface area contributed by atoms with E-state index in [0.29, 0.717) is 12.0 Å². The van der Waals surface area contributed by atoms with Crippen molar-refractivity contribution in [1.82, 2.24) is 10.2 Å². The van der Waals surface area contributed by atoms with E-state index in [1.165, 1.54) is 5.69 Å². The highest BCUT2D eigenvalue weighted by Gasteiger charge is 2.31. The molecule has 2 rings (SSSR count). The van der Waals surface area contributed by atoms with Crippen LogP contribution in [0.5, 0.6) is 0 Å². The standard InChI is InChI=1S/C16H26ClN3/c1-11-9-20(10-16(11)19(4)5)13-6-7-14(12(2)18-3)15(17)8-13/h6-8,11-12,16,18H,9-10H2,1-5H3. The van der Waals surface area contributed by atoms with Gasteiger partial charge in [0.05, 0.1) is 0 Å². The fraction of sp³-hybridized carbons (Fsp3) is 0.625. The normalized spacial score (nSPS) is 24.4. The zero-order valence-electron chi connectivity index (χ0n) is 13.2. The third-order valence-corrected chi connectivity index (χ3v) is 4.81. The highest BCUT2D eigenvalue weighted by molar-refractivity contribution is 6.31. The fourth-order valence-electron chi connectivity index (χ4n) is 3.05. The molecule has 1 aliphatic heterocycles. The molecule has 3 unspecified atom stereocenters. The van der Waals surface area contributed by atoms with E-state index < -0.39 is 0 Å². The van der Waals surface area contributed by atoms with Crippen LogP contribution >= 0.6 is 11.6 Å². The van der Waals surface area contributed by atoms with Crippen molar-refractivity contribution in [2.24, 2.45) is 5.92 Å². The number of benzene rings is 1. The van der Waals surface area contributed by atoms with E-state index in [2.05, 4.69) is 61.3 Å². The lowest BCUT2D eigenvalue weighted by atomic mass is 10.1. The molecule has 0 saturated carbocycles. The molecule has 1 aromatic rings. The van der Waals surface area contributed by atoms with E-state index in [-0.39, 0.29) is 6.04 Å². The predicted octanol–water partition coefficient (Wildman–Crippen LogP) is 3.01. The Kier molecular flexibility index (Phi) is 4.95. The Morgan fingerprint density at radius 2 is 2.05 bits per heavy atom. The van der Waals surface area contributed by atoms with Crippen LogP contribution in [0.2, 0.25) is 5.02 Å². The van der Waals surface area contributed by atoms with Crippen LogP contribution in [0.1, 0.15) is 25.5 Å². The quantitative estimate of drug-likeness (QED) is 0.921. The summed E-state index contributed by atoms with van der Waals surface area (Å²) in [5.74, 6) is 0.680. The monoisotopic (exact) mass is 295 g/mol. The number of rotatable bonds is 4. The molecule has 0 bridgehead atoms. The first-order valence-corrected chi connectivity index (χ1v) is 7.70. The first-order chi connectivity index (χ1) is 9.43. The van der Waals surface area contributed by atoms with Crippen LogP contribution in [-0.4, -0.2) is 45.2 Å². The van der Waals surface area contributed by atoms with E-state index in [4.69, 9.17) is 11.6 Å². The van der Waals surface area contributed by atoms with Gasteiger partial charge in [-0.1, -0.05) is 24.6 Å². The summed E-state index contributed by atoms with van der Waals surface area (Å²) in [5.41, 5.74) is 2.40. The topological polar surface area (TPSA) is 18.5 Å². The molecular formula is C16H26ClN3. The minimum absolute atomic E-state index is 0.281. The van der Waals surface area contributed by atoms with Gasteiger partial charge in [-0.3, -0.25) is 0 Å². The predicted molar refractivity (Wildman–Crippen MR) is 87.8 cm³/mol. The van der Waals surface area contributed by atoms with Crippen molar-refractivity contribution < 1.29 is 0 Å². The van der Waals surface area contributed by atoms with Crippen molar-refractivity contribution in [2.75, 3.05) is 39.1 Å².